The molecule has 6 nitrogen and oxygen atoms in total. The van der Waals surface area contributed by atoms with Gasteiger partial charge in [0.1, 0.15) is 11.5 Å². The van der Waals surface area contributed by atoms with E-state index in [9.17, 15) is 9.90 Å². The predicted molar refractivity (Wildman–Crippen MR) is 110 cm³/mol. The number of carboxylic acids is 1. The molecule has 1 saturated carbocycles. The fourth-order valence-corrected chi connectivity index (χ4v) is 3.72. The van der Waals surface area contributed by atoms with Crippen molar-refractivity contribution in [3.8, 4) is 22.6 Å². The highest BCUT2D eigenvalue weighted by atomic mass is 35.5. The third kappa shape index (κ3) is 4.49. The van der Waals surface area contributed by atoms with Gasteiger partial charge in [0, 0.05) is 33.8 Å². The number of phenols is 1. The maximum Gasteiger partial charge on any atom is 0.341 e. The SMILES string of the molecule is O=C(O)COc1cc(Cl)c(Cc2ccc(O)c(-c3cnn(C4CC4)c3)c2)c(Cl)c1. The van der Waals surface area contributed by atoms with E-state index in [-0.39, 0.29) is 5.75 Å². The van der Waals surface area contributed by atoms with Crippen LogP contribution in [0.2, 0.25) is 10.0 Å². The number of halogens is 2. The van der Waals surface area contributed by atoms with Crippen LogP contribution in [-0.2, 0) is 11.2 Å². The van der Waals surface area contributed by atoms with Crippen LogP contribution in [0.25, 0.3) is 11.1 Å². The van der Waals surface area contributed by atoms with E-state index in [0.29, 0.717) is 39.4 Å². The Kier molecular flexibility index (Phi) is 5.39. The van der Waals surface area contributed by atoms with E-state index in [1.165, 1.54) is 0 Å². The van der Waals surface area contributed by atoms with Gasteiger partial charge in [0.05, 0.1) is 12.2 Å². The number of hydrogen-bond donors (Lipinski definition) is 2. The van der Waals surface area contributed by atoms with Gasteiger partial charge in [-0.25, -0.2) is 4.79 Å². The fraction of sp³-hybridized carbons (Fsp3) is 0.238. The van der Waals surface area contributed by atoms with Gasteiger partial charge in [-0.1, -0.05) is 29.3 Å². The number of benzene rings is 2. The molecule has 0 bridgehead atoms. The Bertz CT molecular complexity index is 1050. The number of ether oxygens (including phenoxy) is 1. The van der Waals surface area contributed by atoms with E-state index < -0.39 is 12.6 Å². The number of nitrogens with zero attached hydrogens (tertiary/aromatic N) is 2. The second kappa shape index (κ2) is 7.97. The third-order valence-corrected chi connectivity index (χ3v) is 5.43. The van der Waals surface area contributed by atoms with Gasteiger partial charge in [-0.15, -0.1) is 0 Å². The minimum Gasteiger partial charge on any atom is -0.507 e. The first-order valence-corrected chi connectivity index (χ1v) is 9.85. The molecular formula is C21H18Cl2N2O4. The molecule has 0 spiro atoms. The van der Waals surface area contributed by atoms with Crippen molar-refractivity contribution < 1.29 is 19.7 Å². The van der Waals surface area contributed by atoms with Gasteiger partial charge in [0.25, 0.3) is 0 Å². The van der Waals surface area contributed by atoms with Gasteiger partial charge in [-0.3, -0.25) is 4.68 Å². The minimum absolute atomic E-state index is 0.179. The molecule has 150 valence electrons. The molecule has 1 aliphatic rings. The summed E-state index contributed by atoms with van der Waals surface area (Å²) in [4.78, 5) is 10.7. The Morgan fingerprint density at radius 2 is 1.93 bits per heavy atom. The molecule has 0 atom stereocenters. The lowest BCUT2D eigenvalue weighted by Gasteiger charge is -2.12. The predicted octanol–water partition coefficient (Wildman–Crippen LogP) is 4.95. The molecule has 1 aliphatic carbocycles. The molecule has 3 aromatic rings. The molecule has 0 amide bonds. The van der Waals surface area contributed by atoms with Gasteiger partial charge < -0.3 is 14.9 Å². The summed E-state index contributed by atoms with van der Waals surface area (Å²) in [5.41, 5.74) is 3.16. The van der Waals surface area contributed by atoms with Crippen molar-refractivity contribution >= 4 is 29.2 Å². The van der Waals surface area contributed by atoms with Gasteiger partial charge in [0.2, 0.25) is 0 Å². The summed E-state index contributed by atoms with van der Waals surface area (Å²) in [5.74, 6) is -0.605. The molecule has 1 heterocycles. The average Bonchev–Trinajstić information content (AvgIpc) is 3.41. The van der Waals surface area contributed by atoms with E-state index in [1.54, 1.807) is 24.4 Å². The first-order chi connectivity index (χ1) is 13.9. The summed E-state index contributed by atoms with van der Waals surface area (Å²) in [6, 6.07) is 8.91. The van der Waals surface area contributed by atoms with Crippen molar-refractivity contribution in [2.45, 2.75) is 25.3 Å². The number of aromatic hydroxyl groups is 1. The van der Waals surface area contributed by atoms with Crippen LogP contribution in [0, 0.1) is 0 Å². The quantitative estimate of drug-likeness (QED) is 0.551. The summed E-state index contributed by atoms with van der Waals surface area (Å²) >= 11 is 12.7. The standard InChI is InChI=1S/C21H18Cl2N2O4/c22-18-7-15(29-11-21(27)28)8-19(23)17(18)6-12-1-4-20(26)16(5-12)13-9-24-25(10-13)14-2-3-14/h1,4-5,7-10,14,26H,2-3,6,11H2,(H,27,28). The largest absolute Gasteiger partial charge is 0.507 e. The van der Waals surface area contributed by atoms with Gasteiger partial charge in [0.15, 0.2) is 6.61 Å². The molecule has 8 heteroatoms. The maximum absolute atomic E-state index is 10.7. The van der Waals surface area contributed by atoms with Crippen molar-refractivity contribution in [1.29, 1.82) is 0 Å². The van der Waals surface area contributed by atoms with Crippen LogP contribution in [-0.4, -0.2) is 32.6 Å². The van der Waals surface area contributed by atoms with Crippen LogP contribution < -0.4 is 4.74 Å². The van der Waals surface area contributed by atoms with Gasteiger partial charge in [-0.2, -0.15) is 5.10 Å². The monoisotopic (exact) mass is 432 g/mol. The summed E-state index contributed by atoms with van der Waals surface area (Å²) < 4.78 is 7.08. The van der Waals surface area contributed by atoms with E-state index in [0.717, 1.165) is 24.0 Å². The molecule has 4 rings (SSSR count). The van der Waals surface area contributed by atoms with Crippen LogP contribution >= 0.6 is 23.2 Å². The van der Waals surface area contributed by atoms with E-state index >= 15 is 0 Å². The Hall–Kier alpha value is -2.70. The normalized spacial score (nSPS) is 13.4. The molecule has 2 N–H and O–H groups in total. The van der Waals surface area contributed by atoms with Crippen molar-refractivity contribution in [3.05, 3.63) is 63.9 Å². The highest BCUT2D eigenvalue weighted by Crippen LogP contribution is 2.38. The Morgan fingerprint density at radius 1 is 1.21 bits per heavy atom. The number of aliphatic carboxylic acids is 1. The second-order valence-corrected chi connectivity index (χ2v) is 7.83. The summed E-state index contributed by atoms with van der Waals surface area (Å²) in [5, 5.41) is 24.2. The van der Waals surface area contributed by atoms with Crippen LogP contribution in [0.1, 0.15) is 30.0 Å². The van der Waals surface area contributed by atoms with Gasteiger partial charge >= 0.3 is 5.97 Å². The highest BCUT2D eigenvalue weighted by Gasteiger charge is 2.24. The number of carboxylic acid groups (broad SMARTS) is 1. The molecule has 1 fully saturated rings. The fourth-order valence-electron chi connectivity index (χ4n) is 3.12. The first kappa shape index (κ1) is 19.6. The summed E-state index contributed by atoms with van der Waals surface area (Å²) in [6.45, 7) is -0.470. The molecule has 0 radical (unpaired) electrons. The number of carbonyl (C=O) groups is 1. The lowest BCUT2D eigenvalue weighted by atomic mass is 9.99. The molecule has 0 saturated heterocycles. The van der Waals surface area contributed by atoms with Crippen molar-refractivity contribution in [1.82, 2.24) is 9.78 Å². The Labute approximate surface area is 177 Å². The highest BCUT2D eigenvalue weighted by molar-refractivity contribution is 6.36. The molecular weight excluding hydrogens is 415 g/mol. The number of phenolic OH excluding ortho intramolecular Hbond substituents is 1. The van der Waals surface area contributed by atoms with Crippen LogP contribution in [0.15, 0.2) is 42.7 Å². The zero-order valence-electron chi connectivity index (χ0n) is 15.3. The number of rotatable bonds is 7. The molecule has 29 heavy (non-hydrogen) atoms. The smallest absolute Gasteiger partial charge is 0.341 e. The van der Waals surface area contributed by atoms with Crippen molar-refractivity contribution in [3.63, 3.8) is 0 Å². The van der Waals surface area contributed by atoms with Crippen molar-refractivity contribution in [2.24, 2.45) is 0 Å². The maximum atomic E-state index is 10.7. The van der Waals surface area contributed by atoms with Crippen LogP contribution in [0.4, 0.5) is 0 Å². The van der Waals surface area contributed by atoms with E-state index in [4.69, 9.17) is 33.0 Å². The topological polar surface area (TPSA) is 84.6 Å². The van der Waals surface area contributed by atoms with E-state index in [1.807, 2.05) is 23.0 Å². The average molecular weight is 433 g/mol. The molecule has 0 unspecified atom stereocenters. The second-order valence-electron chi connectivity index (χ2n) is 7.02. The zero-order valence-corrected chi connectivity index (χ0v) is 16.8. The lowest BCUT2D eigenvalue weighted by molar-refractivity contribution is -0.139. The Morgan fingerprint density at radius 3 is 2.59 bits per heavy atom. The van der Waals surface area contributed by atoms with Gasteiger partial charge in [-0.05, 0) is 48.2 Å². The van der Waals surface area contributed by atoms with Crippen LogP contribution in [0.3, 0.4) is 0 Å². The van der Waals surface area contributed by atoms with Crippen LogP contribution in [0.5, 0.6) is 11.5 Å². The summed E-state index contributed by atoms with van der Waals surface area (Å²) in [7, 11) is 0. The first-order valence-electron chi connectivity index (χ1n) is 9.09. The minimum atomic E-state index is -1.08. The third-order valence-electron chi connectivity index (χ3n) is 4.75. The molecule has 1 aromatic heterocycles. The number of aromatic nitrogens is 2. The van der Waals surface area contributed by atoms with Crippen molar-refractivity contribution in [2.75, 3.05) is 6.61 Å². The number of hydrogen-bond acceptors (Lipinski definition) is 4. The lowest BCUT2D eigenvalue weighted by Crippen LogP contribution is -2.09. The molecule has 0 aliphatic heterocycles. The molecule has 2 aromatic carbocycles. The van der Waals surface area contributed by atoms with E-state index in [2.05, 4.69) is 5.10 Å². The summed E-state index contributed by atoms with van der Waals surface area (Å²) in [6.07, 6.45) is 6.42. The zero-order chi connectivity index (χ0) is 20.5. The Balaban J connectivity index is 1.58.